The highest BCUT2D eigenvalue weighted by atomic mass is 14.7. The summed E-state index contributed by atoms with van der Waals surface area (Å²) in [6.45, 7) is 2.08. The van der Waals surface area contributed by atoms with Gasteiger partial charge in [0.2, 0.25) is 0 Å². The number of benzene rings is 2. The molecule has 0 unspecified atom stereocenters. The first-order chi connectivity index (χ1) is 21.2. The van der Waals surface area contributed by atoms with Gasteiger partial charge in [-0.2, -0.15) is 0 Å². The van der Waals surface area contributed by atoms with Gasteiger partial charge >= 0.3 is 0 Å². The normalized spacial score (nSPS) is 10.9. The molecule has 5 heterocycles. The van der Waals surface area contributed by atoms with E-state index in [1.165, 1.54) is 0 Å². The average Bonchev–Trinajstić information content (AvgIpc) is 3.09. The number of hydrogen-bond acceptors (Lipinski definition) is 5. The van der Waals surface area contributed by atoms with Crippen LogP contribution in [0.2, 0.25) is 0 Å². The highest BCUT2D eigenvalue weighted by molar-refractivity contribution is 5.91. The van der Waals surface area contributed by atoms with Gasteiger partial charge in [-0.05, 0) is 113 Å². The fraction of sp³-hybridized carbons (Fsp3) is 0.0263. The molecule has 0 saturated carbocycles. The molecular formula is C38H27N5. The van der Waals surface area contributed by atoms with E-state index in [2.05, 4.69) is 93.6 Å². The molecule has 0 saturated heterocycles. The lowest BCUT2D eigenvalue weighted by atomic mass is 9.88. The lowest BCUT2D eigenvalue weighted by Gasteiger charge is -2.17. The fourth-order valence-corrected chi connectivity index (χ4v) is 5.53. The average molecular weight is 554 g/mol. The Bertz CT molecular complexity index is 1890. The summed E-state index contributed by atoms with van der Waals surface area (Å²) in [7, 11) is 0. The van der Waals surface area contributed by atoms with Gasteiger partial charge in [0, 0.05) is 89.3 Å². The van der Waals surface area contributed by atoms with Crippen LogP contribution in [0.15, 0.2) is 147 Å². The Labute approximate surface area is 250 Å². The molecule has 7 aromatic rings. The van der Waals surface area contributed by atoms with Crippen LogP contribution in [-0.2, 0) is 0 Å². The van der Waals surface area contributed by atoms with E-state index >= 15 is 0 Å². The largest absolute Gasteiger partial charge is 0.264 e. The molecule has 43 heavy (non-hydrogen) atoms. The number of rotatable bonds is 6. The molecule has 0 atom stereocenters. The molecule has 0 bridgehead atoms. The van der Waals surface area contributed by atoms with Gasteiger partial charge in [-0.25, -0.2) is 0 Å². The van der Waals surface area contributed by atoms with Gasteiger partial charge in [0.15, 0.2) is 0 Å². The van der Waals surface area contributed by atoms with Crippen LogP contribution >= 0.6 is 0 Å². The number of pyridine rings is 5. The van der Waals surface area contributed by atoms with Crippen molar-refractivity contribution < 1.29 is 0 Å². The van der Waals surface area contributed by atoms with Gasteiger partial charge in [-0.3, -0.25) is 24.9 Å². The molecule has 0 fully saturated rings. The van der Waals surface area contributed by atoms with Crippen molar-refractivity contribution in [3.63, 3.8) is 0 Å². The van der Waals surface area contributed by atoms with Crippen LogP contribution in [-0.4, -0.2) is 24.9 Å². The summed E-state index contributed by atoms with van der Waals surface area (Å²) >= 11 is 0. The summed E-state index contributed by atoms with van der Waals surface area (Å²) in [4.78, 5) is 22.3. The molecule has 0 spiro atoms. The molecule has 5 aromatic heterocycles. The molecule has 0 amide bonds. The molecule has 0 aliphatic rings. The van der Waals surface area contributed by atoms with Crippen molar-refractivity contribution >= 4 is 0 Å². The zero-order valence-corrected chi connectivity index (χ0v) is 23.6. The van der Waals surface area contributed by atoms with Crippen LogP contribution < -0.4 is 0 Å². The minimum Gasteiger partial charge on any atom is -0.264 e. The number of aromatic nitrogens is 5. The Kier molecular flexibility index (Phi) is 7.04. The van der Waals surface area contributed by atoms with Gasteiger partial charge in [0.05, 0.1) is 0 Å². The van der Waals surface area contributed by atoms with Crippen LogP contribution in [0, 0.1) is 6.92 Å². The Balaban J connectivity index is 1.47. The monoisotopic (exact) mass is 553 g/mol. The molecule has 0 N–H and O–H groups in total. The summed E-state index contributed by atoms with van der Waals surface area (Å²) in [5.41, 5.74) is 13.9. The topological polar surface area (TPSA) is 64.5 Å². The highest BCUT2D eigenvalue weighted by Gasteiger charge is 2.17. The van der Waals surface area contributed by atoms with E-state index in [0.29, 0.717) is 0 Å². The number of aryl methyl sites for hydroxylation is 1. The van der Waals surface area contributed by atoms with Gasteiger partial charge in [0.1, 0.15) is 0 Å². The zero-order valence-electron chi connectivity index (χ0n) is 23.6. The van der Waals surface area contributed by atoms with Crippen molar-refractivity contribution in [2.24, 2.45) is 0 Å². The van der Waals surface area contributed by atoms with Crippen LogP contribution in [0.4, 0.5) is 0 Å². The smallest absolute Gasteiger partial charge is 0.0457 e. The van der Waals surface area contributed by atoms with Gasteiger partial charge < -0.3 is 0 Å². The van der Waals surface area contributed by atoms with E-state index in [-0.39, 0.29) is 0 Å². The highest BCUT2D eigenvalue weighted by Crippen LogP contribution is 2.40. The van der Waals surface area contributed by atoms with Crippen molar-refractivity contribution in [2.45, 2.75) is 6.92 Å². The van der Waals surface area contributed by atoms with E-state index < -0.39 is 0 Å². The Morgan fingerprint density at radius 1 is 0.372 bits per heavy atom. The van der Waals surface area contributed by atoms with Crippen molar-refractivity contribution in [3.8, 4) is 66.8 Å². The van der Waals surface area contributed by atoms with Crippen LogP contribution in [0.5, 0.6) is 0 Å². The molecule has 2 aromatic carbocycles. The van der Waals surface area contributed by atoms with Crippen molar-refractivity contribution in [1.82, 2.24) is 24.9 Å². The summed E-state index contributed by atoms with van der Waals surface area (Å²) in [6.07, 6.45) is 16.7. The SMILES string of the molecule is Cc1nccc(-c2cc(-c3cccnc3)cc(-c3cccnc3)c2)c1-c1cc(-c2cccnc2)cc(-c2cccnc2)c1. The van der Waals surface area contributed by atoms with E-state index in [9.17, 15) is 0 Å². The first kappa shape index (κ1) is 26.1. The van der Waals surface area contributed by atoms with Crippen LogP contribution in [0.25, 0.3) is 66.8 Å². The van der Waals surface area contributed by atoms with Crippen LogP contribution in [0.3, 0.4) is 0 Å². The lowest BCUT2D eigenvalue weighted by Crippen LogP contribution is -1.95. The number of hydrogen-bond donors (Lipinski definition) is 0. The van der Waals surface area contributed by atoms with Crippen LogP contribution in [0.1, 0.15) is 5.69 Å². The summed E-state index contributed by atoms with van der Waals surface area (Å²) in [5.74, 6) is 0. The summed E-state index contributed by atoms with van der Waals surface area (Å²) in [6, 6.07) is 31.7. The minimum absolute atomic E-state index is 0.952. The van der Waals surface area contributed by atoms with E-state index in [4.69, 9.17) is 4.98 Å². The van der Waals surface area contributed by atoms with Crippen molar-refractivity contribution in [1.29, 1.82) is 0 Å². The maximum atomic E-state index is 4.76. The van der Waals surface area contributed by atoms with Gasteiger partial charge in [0.25, 0.3) is 0 Å². The van der Waals surface area contributed by atoms with Crippen molar-refractivity contribution in [3.05, 3.63) is 152 Å². The molecule has 5 nitrogen and oxygen atoms in total. The third-order valence-corrected chi connectivity index (χ3v) is 7.59. The molecule has 204 valence electrons. The summed E-state index contributed by atoms with van der Waals surface area (Å²) in [5, 5.41) is 0. The maximum Gasteiger partial charge on any atom is 0.0457 e. The Morgan fingerprint density at radius 2 is 0.744 bits per heavy atom. The summed E-state index contributed by atoms with van der Waals surface area (Å²) < 4.78 is 0. The molecule has 7 rings (SSSR count). The van der Waals surface area contributed by atoms with E-state index in [1.54, 1.807) is 24.8 Å². The maximum absolute atomic E-state index is 4.76. The Hall–Kier alpha value is -5.81. The lowest BCUT2D eigenvalue weighted by molar-refractivity contribution is 1.20. The first-order valence-electron chi connectivity index (χ1n) is 14.1. The van der Waals surface area contributed by atoms with Gasteiger partial charge in [-0.15, -0.1) is 0 Å². The zero-order chi connectivity index (χ0) is 29.0. The minimum atomic E-state index is 0.952. The second-order valence-corrected chi connectivity index (χ2v) is 10.4. The quantitative estimate of drug-likeness (QED) is 0.206. The van der Waals surface area contributed by atoms with Crippen molar-refractivity contribution in [2.75, 3.05) is 0 Å². The first-order valence-corrected chi connectivity index (χ1v) is 14.1. The second-order valence-electron chi connectivity index (χ2n) is 10.4. The number of nitrogens with zero attached hydrogens (tertiary/aromatic N) is 5. The second kappa shape index (κ2) is 11.6. The third-order valence-electron chi connectivity index (χ3n) is 7.59. The standard InChI is InChI=1S/C38H27N5/c1-26-38(36-20-33(29-8-4-13-41-24-29)17-34(21-36)30-9-5-14-42-25-30)37(10-15-43-26)35-18-31(27-6-2-11-39-22-27)16-32(19-35)28-7-3-12-40-23-28/h2-25H,1H3. The van der Waals surface area contributed by atoms with Gasteiger partial charge in [-0.1, -0.05) is 24.3 Å². The molecule has 0 aliphatic carbocycles. The molecule has 5 heteroatoms. The fourth-order valence-electron chi connectivity index (χ4n) is 5.53. The molecule has 0 radical (unpaired) electrons. The van der Waals surface area contributed by atoms with E-state index in [0.717, 1.165) is 72.5 Å². The van der Waals surface area contributed by atoms with E-state index in [1.807, 2.05) is 55.2 Å². The molecule has 0 aliphatic heterocycles. The third kappa shape index (κ3) is 5.44. The predicted molar refractivity (Wildman–Crippen MR) is 173 cm³/mol. The predicted octanol–water partition coefficient (Wildman–Crippen LogP) is 8.97. The molecular weight excluding hydrogens is 526 g/mol. The Morgan fingerprint density at radius 3 is 1.12 bits per heavy atom.